The number of nitrogens with zero attached hydrogens (tertiary/aromatic N) is 1. The van der Waals surface area contributed by atoms with E-state index in [0.29, 0.717) is 12.0 Å². The van der Waals surface area contributed by atoms with Gasteiger partial charge in [-0.1, -0.05) is 35.8 Å². The third-order valence-corrected chi connectivity index (χ3v) is 4.24. The number of benzene rings is 1. The van der Waals surface area contributed by atoms with Crippen LogP contribution in [0.25, 0.3) is 0 Å². The number of halogens is 1. The number of nitrogens with one attached hydrogen (secondary N) is 1. The van der Waals surface area contributed by atoms with Gasteiger partial charge in [0.1, 0.15) is 0 Å². The fourth-order valence-electron chi connectivity index (χ4n) is 2.52. The van der Waals surface area contributed by atoms with Crippen molar-refractivity contribution in [3.63, 3.8) is 0 Å². The molecule has 1 saturated carbocycles. The van der Waals surface area contributed by atoms with Gasteiger partial charge in [-0.2, -0.15) is 0 Å². The molecule has 1 N–H and O–H groups in total. The predicted octanol–water partition coefficient (Wildman–Crippen LogP) is 3.81. The van der Waals surface area contributed by atoms with Crippen molar-refractivity contribution in [2.45, 2.75) is 39.3 Å². The van der Waals surface area contributed by atoms with E-state index in [0.717, 1.165) is 30.7 Å². The predicted molar refractivity (Wildman–Crippen MR) is 92.9 cm³/mol. The zero-order chi connectivity index (χ0) is 15.2. The smallest absolute Gasteiger partial charge is 0.0637 e. The second-order valence-corrected chi connectivity index (χ2v) is 7.13. The van der Waals surface area contributed by atoms with Gasteiger partial charge in [0.05, 0.1) is 6.61 Å². The Morgan fingerprint density at radius 1 is 1.38 bits per heavy atom. The molecule has 0 bridgehead atoms. The Balaban J connectivity index is 2.12. The summed E-state index contributed by atoms with van der Waals surface area (Å²) in [6.07, 6.45) is 2.60. The fourth-order valence-corrected chi connectivity index (χ4v) is 2.87. The third-order valence-electron chi connectivity index (χ3n) is 3.75. The quantitative estimate of drug-likeness (QED) is 0.729. The zero-order valence-corrected chi connectivity index (χ0v) is 14.9. The average Bonchev–Trinajstić information content (AvgIpc) is 3.26. The highest BCUT2D eigenvalue weighted by molar-refractivity contribution is 9.10. The van der Waals surface area contributed by atoms with Gasteiger partial charge in [-0.15, -0.1) is 0 Å². The maximum atomic E-state index is 5.29. The summed E-state index contributed by atoms with van der Waals surface area (Å²) < 4.78 is 6.43. The van der Waals surface area contributed by atoms with Gasteiger partial charge < -0.3 is 15.0 Å². The van der Waals surface area contributed by atoms with Gasteiger partial charge in [-0.25, -0.2) is 0 Å². The molecule has 0 unspecified atom stereocenters. The topological polar surface area (TPSA) is 24.5 Å². The maximum absolute atomic E-state index is 5.29. The minimum atomic E-state index is 0.678. The summed E-state index contributed by atoms with van der Waals surface area (Å²) >= 11 is 3.62. The molecule has 1 aromatic carbocycles. The van der Waals surface area contributed by atoms with Crippen molar-refractivity contribution < 1.29 is 4.74 Å². The largest absolute Gasteiger partial charge is 0.383 e. The Morgan fingerprint density at radius 2 is 2.14 bits per heavy atom. The fraction of sp³-hybridized carbons (Fsp3) is 0.647. The molecule has 0 radical (unpaired) electrons. The summed E-state index contributed by atoms with van der Waals surface area (Å²) in [4.78, 5) is 2.51. The second kappa shape index (κ2) is 8.16. The van der Waals surface area contributed by atoms with Gasteiger partial charge in [-0.3, -0.25) is 0 Å². The van der Waals surface area contributed by atoms with Gasteiger partial charge in [0.15, 0.2) is 0 Å². The van der Waals surface area contributed by atoms with E-state index in [4.69, 9.17) is 4.74 Å². The van der Waals surface area contributed by atoms with Crippen molar-refractivity contribution in [3.8, 4) is 0 Å². The highest BCUT2D eigenvalue weighted by Crippen LogP contribution is 2.35. The highest BCUT2D eigenvalue weighted by atomic mass is 79.9. The van der Waals surface area contributed by atoms with Gasteiger partial charge in [0.2, 0.25) is 0 Å². The number of anilines is 1. The Bertz CT molecular complexity index is 446. The van der Waals surface area contributed by atoms with Crippen molar-refractivity contribution in [1.82, 2.24) is 5.32 Å². The third kappa shape index (κ3) is 5.28. The molecule has 118 valence electrons. The minimum Gasteiger partial charge on any atom is -0.383 e. The number of hydrogen-bond acceptors (Lipinski definition) is 3. The number of rotatable bonds is 9. The van der Waals surface area contributed by atoms with E-state index < -0.39 is 0 Å². The van der Waals surface area contributed by atoms with Crippen LogP contribution in [0.5, 0.6) is 0 Å². The highest BCUT2D eigenvalue weighted by Gasteiger charge is 2.30. The first-order valence-corrected chi connectivity index (χ1v) is 8.66. The van der Waals surface area contributed by atoms with E-state index in [9.17, 15) is 0 Å². The SMILES string of the molecule is COCCN(c1cc(Br)ccc1CNCC(C)C)C1CC1. The lowest BCUT2D eigenvalue weighted by molar-refractivity contribution is 0.205. The van der Waals surface area contributed by atoms with Gasteiger partial charge in [-0.05, 0) is 43.0 Å². The second-order valence-electron chi connectivity index (χ2n) is 6.22. The summed E-state index contributed by atoms with van der Waals surface area (Å²) in [5.74, 6) is 0.678. The molecule has 1 aromatic rings. The van der Waals surface area contributed by atoms with Crippen LogP contribution in [0.2, 0.25) is 0 Å². The van der Waals surface area contributed by atoms with Crippen molar-refractivity contribution >= 4 is 21.6 Å². The van der Waals surface area contributed by atoms with Crippen molar-refractivity contribution in [1.29, 1.82) is 0 Å². The Kier molecular flexibility index (Phi) is 6.52. The molecule has 0 spiro atoms. The summed E-state index contributed by atoms with van der Waals surface area (Å²) in [5, 5.41) is 3.56. The van der Waals surface area contributed by atoms with Crippen LogP contribution in [0.3, 0.4) is 0 Å². The minimum absolute atomic E-state index is 0.678. The van der Waals surface area contributed by atoms with Crippen molar-refractivity contribution in [2.75, 3.05) is 31.7 Å². The van der Waals surface area contributed by atoms with Crippen molar-refractivity contribution in [3.05, 3.63) is 28.2 Å². The molecule has 0 amide bonds. The zero-order valence-electron chi connectivity index (χ0n) is 13.4. The Morgan fingerprint density at radius 3 is 2.76 bits per heavy atom. The Labute approximate surface area is 137 Å². The van der Waals surface area contributed by atoms with Gasteiger partial charge in [0.25, 0.3) is 0 Å². The molecule has 0 heterocycles. The number of methoxy groups -OCH3 is 1. The molecule has 21 heavy (non-hydrogen) atoms. The van der Waals surface area contributed by atoms with Crippen LogP contribution in [0.1, 0.15) is 32.3 Å². The maximum Gasteiger partial charge on any atom is 0.0637 e. The monoisotopic (exact) mass is 354 g/mol. The van der Waals surface area contributed by atoms with Crippen LogP contribution in [-0.4, -0.2) is 32.8 Å². The van der Waals surface area contributed by atoms with Crippen LogP contribution in [-0.2, 0) is 11.3 Å². The molecule has 1 fully saturated rings. The molecule has 0 saturated heterocycles. The molecule has 0 aliphatic heterocycles. The van der Waals surface area contributed by atoms with E-state index in [1.54, 1.807) is 7.11 Å². The van der Waals surface area contributed by atoms with E-state index >= 15 is 0 Å². The van der Waals surface area contributed by atoms with Crippen LogP contribution >= 0.6 is 15.9 Å². The normalized spacial score (nSPS) is 14.7. The number of ether oxygens (including phenoxy) is 1. The molecule has 0 aromatic heterocycles. The molecular formula is C17H27BrN2O. The van der Waals surface area contributed by atoms with Gasteiger partial charge in [0, 0.05) is 36.4 Å². The van der Waals surface area contributed by atoms with Gasteiger partial charge >= 0.3 is 0 Å². The van der Waals surface area contributed by atoms with Crippen LogP contribution in [0, 0.1) is 5.92 Å². The molecule has 1 aliphatic carbocycles. The average molecular weight is 355 g/mol. The van der Waals surface area contributed by atoms with E-state index in [1.165, 1.54) is 24.1 Å². The Hall–Kier alpha value is -0.580. The molecule has 3 nitrogen and oxygen atoms in total. The van der Waals surface area contributed by atoms with E-state index in [2.05, 4.69) is 58.2 Å². The number of hydrogen-bond donors (Lipinski definition) is 1. The van der Waals surface area contributed by atoms with Crippen LogP contribution in [0.15, 0.2) is 22.7 Å². The summed E-state index contributed by atoms with van der Waals surface area (Å²) in [6, 6.07) is 7.31. The summed E-state index contributed by atoms with van der Waals surface area (Å²) in [7, 11) is 1.77. The lowest BCUT2D eigenvalue weighted by atomic mass is 10.1. The molecule has 0 atom stereocenters. The van der Waals surface area contributed by atoms with E-state index in [-0.39, 0.29) is 0 Å². The van der Waals surface area contributed by atoms with Crippen molar-refractivity contribution in [2.24, 2.45) is 5.92 Å². The van der Waals surface area contributed by atoms with E-state index in [1.807, 2.05) is 0 Å². The molecule has 1 aliphatic rings. The standard InChI is InChI=1S/C17H27BrN2O/c1-13(2)11-19-12-14-4-5-15(18)10-17(14)20(8-9-21-3)16-6-7-16/h4-5,10,13,16,19H,6-9,11-12H2,1-3H3. The first kappa shape index (κ1) is 16.8. The lowest BCUT2D eigenvalue weighted by Gasteiger charge is -2.27. The molecule has 2 rings (SSSR count). The molecular weight excluding hydrogens is 328 g/mol. The lowest BCUT2D eigenvalue weighted by Crippen LogP contribution is -2.31. The first-order chi connectivity index (χ1) is 10.1. The first-order valence-electron chi connectivity index (χ1n) is 7.86. The van der Waals surface area contributed by atoms with Crippen LogP contribution < -0.4 is 10.2 Å². The summed E-state index contributed by atoms with van der Waals surface area (Å²) in [6.45, 7) is 8.21. The van der Waals surface area contributed by atoms with Crippen LogP contribution in [0.4, 0.5) is 5.69 Å². The summed E-state index contributed by atoms with van der Waals surface area (Å²) in [5.41, 5.74) is 2.72. The molecule has 4 heteroatoms.